The summed E-state index contributed by atoms with van der Waals surface area (Å²) in [7, 11) is 0. The first-order valence-electron chi connectivity index (χ1n) is 9.87. The molecule has 2 aliphatic rings. The summed E-state index contributed by atoms with van der Waals surface area (Å²) in [4.78, 5) is 19.8. The second-order valence-corrected chi connectivity index (χ2v) is 8.74. The van der Waals surface area contributed by atoms with Crippen LogP contribution < -0.4 is 0 Å². The van der Waals surface area contributed by atoms with Gasteiger partial charge in [0.15, 0.2) is 5.17 Å². The van der Waals surface area contributed by atoms with Gasteiger partial charge in [0.05, 0.1) is 0 Å². The summed E-state index contributed by atoms with van der Waals surface area (Å²) in [5, 5.41) is 1.40. The Hall–Kier alpha value is -2.11. The minimum absolute atomic E-state index is 0.0338. The number of hydrogen-bond acceptors (Lipinski definition) is 3. The maximum absolute atomic E-state index is 13.2. The fraction of sp³-hybridized carbons (Fsp3) is 0.304. The number of hydrogen-bond donors (Lipinski definition) is 0. The summed E-state index contributed by atoms with van der Waals surface area (Å²) in [6, 6.07) is 14.0. The predicted molar refractivity (Wildman–Crippen MR) is 118 cm³/mol. The van der Waals surface area contributed by atoms with E-state index in [2.05, 4.69) is 4.99 Å². The summed E-state index contributed by atoms with van der Waals surface area (Å²) < 4.78 is 13.2. The van der Waals surface area contributed by atoms with Gasteiger partial charge in [0.2, 0.25) is 0 Å². The summed E-state index contributed by atoms with van der Waals surface area (Å²) in [5.41, 5.74) is 2.36. The number of amidine groups is 1. The van der Waals surface area contributed by atoms with Crippen LogP contribution in [-0.2, 0) is 10.5 Å². The van der Waals surface area contributed by atoms with Crippen molar-refractivity contribution in [2.24, 2.45) is 4.99 Å². The summed E-state index contributed by atoms with van der Waals surface area (Å²) in [6.07, 6.45) is 7.34. The molecule has 0 radical (unpaired) electrons. The molecule has 4 rings (SSSR count). The van der Waals surface area contributed by atoms with Crippen LogP contribution in [0.3, 0.4) is 0 Å². The number of carbonyl (C=O) groups excluding carboxylic acids is 1. The molecular weight excluding hydrogens is 407 g/mol. The lowest BCUT2D eigenvalue weighted by atomic mass is 9.94. The van der Waals surface area contributed by atoms with E-state index in [0.717, 1.165) is 42.0 Å². The second-order valence-electron chi connectivity index (χ2n) is 7.36. The lowest BCUT2D eigenvalue weighted by Crippen LogP contribution is -2.41. The molecule has 1 aliphatic carbocycles. The van der Waals surface area contributed by atoms with Crippen molar-refractivity contribution in [3.8, 4) is 0 Å². The maximum Gasteiger partial charge on any atom is 0.278 e. The molecule has 0 bridgehead atoms. The molecule has 29 heavy (non-hydrogen) atoms. The number of thioether (sulfide) groups is 1. The van der Waals surface area contributed by atoms with Gasteiger partial charge in [-0.2, -0.15) is 0 Å². The van der Waals surface area contributed by atoms with E-state index >= 15 is 0 Å². The van der Waals surface area contributed by atoms with Crippen molar-refractivity contribution in [1.82, 2.24) is 4.90 Å². The smallest absolute Gasteiger partial charge is 0.278 e. The van der Waals surface area contributed by atoms with Crippen molar-refractivity contribution in [2.75, 3.05) is 0 Å². The van der Waals surface area contributed by atoms with Crippen molar-refractivity contribution in [3.05, 3.63) is 76.2 Å². The van der Waals surface area contributed by atoms with Crippen LogP contribution in [0, 0.1) is 5.82 Å². The van der Waals surface area contributed by atoms with E-state index in [-0.39, 0.29) is 17.8 Å². The molecule has 1 aliphatic heterocycles. The Morgan fingerprint density at radius 1 is 1.07 bits per heavy atom. The van der Waals surface area contributed by atoms with E-state index in [1.165, 1.54) is 30.3 Å². The summed E-state index contributed by atoms with van der Waals surface area (Å²) in [6.45, 7) is 0. The molecule has 3 nitrogen and oxygen atoms in total. The molecule has 0 aromatic heterocycles. The topological polar surface area (TPSA) is 32.7 Å². The normalized spacial score (nSPS) is 19.1. The van der Waals surface area contributed by atoms with Crippen LogP contribution in [0.4, 0.5) is 4.39 Å². The zero-order valence-corrected chi connectivity index (χ0v) is 17.6. The lowest BCUT2D eigenvalue weighted by molar-refractivity contribution is -0.124. The van der Waals surface area contributed by atoms with Crippen LogP contribution in [0.1, 0.15) is 43.2 Å². The third-order valence-electron chi connectivity index (χ3n) is 5.25. The molecule has 6 heteroatoms. The van der Waals surface area contributed by atoms with E-state index in [1.54, 1.807) is 24.3 Å². The van der Waals surface area contributed by atoms with Gasteiger partial charge in [0.25, 0.3) is 5.91 Å². The Balaban J connectivity index is 1.58. The number of rotatable bonds is 4. The highest BCUT2D eigenvalue weighted by Gasteiger charge is 2.36. The van der Waals surface area contributed by atoms with Gasteiger partial charge in [-0.3, -0.25) is 9.69 Å². The van der Waals surface area contributed by atoms with Crippen LogP contribution in [0.2, 0.25) is 5.02 Å². The Kier molecular flexibility index (Phi) is 6.36. The van der Waals surface area contributed by atoms with E-state index < -0.39 is 0 Å². The summed E-state index contributed by atoms with van der Waals surface area (Å²) in [5.74, 6) is 0.363. The van der Waals surface area contributed by atoms with E-state index in [0.29, 0.717) is 16.5 Å². The van der Waals surface area contributed by atoms with E-state index in [9.17, 15) is 9.18 Å². The minimum atomic E-state index is -0.246. The van der Waals surface area contributed by atoms with Crippen molar-refractivity contribution in [2.45, 2.75) is 43.9 Å². The second kappa shape index (κ2) is 9.14. The van der Waals surface area contributed by atoms with Gasteiger partial charge >= 0.3 is 0 Å². The molecule has 0 N–H and O–H groups in total. The zero-order chi connectivity index (χ0) is 20.2. The van der Waals surface area contributed by atoms with Crippen molar-refractivity contribution < 1.29 is 9.18 Å². The number of halogens is 2. The third-order valence-corrected chi connectivity index (χ3v) is 6.53. The van der Waals surface area contributed by atoms with E-state index in [1.807, 2.05) is 23.1 Å². The SMILES string of the molecule is O=C1/C(=C/c2ccc(Cl)cc2)N=C(SCc2ccc(F)cc2)N1C1CCCCC1. The molecule has 0 unspecified atom stereocenters. The lowest BCUT2D eigenvalue weighted by Gasteiger charge is -2.31. The molecule has 150 valence electrons. The minimum Gasteiger partial charge on any atom is -0.283 e. The van der Waals surface area contributed by atoms with Gasteiger partial charge < -0.3 is 0 Å². The highest BCUT2D eigenvalue weighted by atomic mass is 35.5. The molecule has 1 amide bonds. The number of amides is 1. The highest BCUT2D eigenvalue weighted by molar-refractivity contribution is 8.13. The Morgan fingerprint density at radius 2 is 1.76 bits per heavy atom. The van der Waals surface area contributed by atoms with Gasteiger partial charge in [-0.25, -0.2) is 9.38 Å². The number of nitrogens with zero attached hydrogens (tertiary/aromatic N) is 2. The maximum atomic E-state index is 13.2. The van der Waals surface area contributed by atoms with Crippen molar-refractivity contribution in [1.29, 1.82) is 0 Å². The van der Waals surface area contributed by atoms with Gasteiger partial charge in [-0.15, -0.1) is 0 Å². The zero-order valence-electron chi connectivity index (χ0n) is 16.0. The third kappa shape index (κ3) is 4.90. The Bertz CT molecular complexity index is 934. The Labute approximate surface area is 179 Å². The molecule has 0 atom stereocenters. The van der Waals surface area contributed by atoms with Crippen LogP contribution >= 0.6 is 23.4 Å². The molecule has 1 fully saturated rings. The van der Waals surface area contributed by atoms with Crippen molar-refractivity contribution in [3.63, 3.8) is 0 Å². The van der Waals surface area contributed by atoms with Gasteiger partial charge in [0, 0.05) is 16.8 Å². The molecule has 1 saturated carbocycles. The van der Waals surface area contributed by atoms with Gasteiger partial charge in [-0.1, -0.05) is 66.9 Å². The number of aliphatic imine (C=N–C) groups is 1. The van der Waals surface area contributed by atoms with Crippen LogP contribution in [0.5, 0.6) is 0 Å². The number of carbonyl (C=O) groups is 1. The number of benzene rings is 2. The Morgan fingerprint density at radius 3 is 2.45 bits per heavy atom. The summed E-state index contributed by atoms with van der Waals surface area (Å²) >= 11 is 7.50. The van der Waals surface area contributed by atoms with Gasteiger partial charge in [-0.05, 0) is 54.3 Å². The quantitative estimate of drug-likeness (QED) is 0.536. The van der Waals surface area contributed by atoms with Crippen LogP contribution in [0.15, 0.2) is 59.2 Å². The first-order valence-corrected chi connectivity index (χ1v) is 11.2. The van der Waals surface area contributed by atoms with Crippen LogP contribution in [0.25, 0.3) is 6.08 Å². The standard InChI is InChI=1S/C23H22ClFN2OS/c24-18-10-6-16(7-11-18)14-21-22(28)27(20-4-2-1-3-5-20)23(26-21)29-15-17-8-12-19(25)13-9-17/h6-14,20H,1-5,15H2/b21-14-. The molecule has 2 aromatic carbocycles. The monoisotopic (exact) mass is 428 g/mol. The fourth-order valence-electron chi connectivity index (χ4n) is 3.72. The predicted octanol–water partition coefficient (Wildman–Crippen LogP) is 6.28. The fourth-order valence-corrected chi connectivity index (χ4v) is 4.87. The molecule has 0 spiro atoms. The van der Waals surface area contributed by atoms with E-state index in [4.69, 9.17) is 11.6 Å². The first-order chi connectivity index (χ1) is 14.1. The van der Waals surface area contributed by atoms with Crippen LogP contribution in [-0.4, -0.2) is 22.0 Å². The average molecular weight is 429 g/mol. The first kappa shape index (κ1) is 20.2. The molecule has 1 heterocycles. The highest BCUT2D eigenvalue weighted by Crippen LogP contribution is 2.33. The molecule has 2 aromatic rings. The van der Waals surface area contributed by atoms with Gasteiger partial charge in [0.1, 0.15) is 11.5 Å². The van der Waals surface area contributed by atoms with Crippen molar-refractivity contribution >= 4 is 40.5 Å². The molecular formula is C23H22ClFN2OS. The molecule has 0 saturated heterocycles. The average Bonchev–Trinajstić information content (AvgIpc) is 3.05. The largest absolute Gasteiger partial charge is 0.283 e.